The zero-order valence-electron chi connectivity index (χ0n) is 22.1. The van der Waals surface area contributed by atoms with Crippen molar-refractivity contribution in [3.05, 3.63) is 23.9 Å². The van der Waals surface area contributed by atoms with Gasteiger partial charge < -0.3 is 20.3 Å². The Bertz CT molecular complexity index is 1090. The van der Waals surface area contributed by atoms with E-state index in [2.05, 4.69) is 22.4 Å². The molecule has 2 N–H and O–H groups in total. The highest BCUT2D eigenvalue weighted by Gasteiger charge is 2.49. The number of ether oxygens (including phenoxy) is 1. The third-order valence-corrected chi connectivity index (χ3v) is 8.17. The Morgan fingerprint density at radius 2 is 2.00 bits per heavy atom. The summed E-state index contributed by atoms with van der Waals surface area (Å²) >= 11 is 0. The van der Waals surface area contributed by atoms with Gasteiger partial charge in [-0.25, -0.2) is 9.78 Å². The summed E-state index contributed by atoms with van der Waals surface area (Å²) in [6.07, 6.45) is 2.92. The Kier molecular flexibility index (Phi) is 7.99. The summed E-state index contributed by atoms with van der Waals surface area (Å²) < 4.78 is 45.0. The number of hydroxylamine groups is 2. The Morgan fingerprint density at radius 1 is 1.26 bits per heavy atom. The quantitative estimate of drug-likeness (QED) is 0.482. The van der Waals surface area contributed by atoms with Crippen molar-refractivity contribution in [3.8, 4) is 0 Å². The molecule has 0 aromatic carbocycles. The molecule has 5 rings (SSSR count). The highest BCUT2D eigenvalue weighted by molar-refractivity contribution is 5.96. The van der Waals surface area contributed by atoms with Crippen molar-refractivity contribution in [2.45, 2.75) is 69.8 Å². The Labute approximate surface area is 225 Å². The van der Waals surface area contributed by atoms with Gasteiger partial charge in [-0.05, 0) is 55.2 Å². The number of amides is 3. The molecule has 0 bridgehead atoms. The van der Waals surface area contributed by atoms with Crippen LogP contribution < -0.4 is 10.6 Å². The molecule has 0 spiro atoms. The second kappa shape index (κ2) is 11.3. The summed E-state index contributed by atoms with van der Waals surface area (Å²) in [5.74, 6) is 1.10. The molecule has 2 saturated carbocycles. The number of aromatic nitrogens is 1. The van der Waals surface area contributed by atoms with Gasteiger partial charge in [0.15, 0.2) is 0 Å². The maximum atomic E-state index is 13.7. The number of hydrogen-bond donors (Lipinski definition) is 2. The number of halogens is 3. The lowest BCUT2D eigenvalue weighted by molar-refractivity contribution is -0.180. The minimum atomic E-state index is -4.56. The first-order chi connectivity index (χ1) is 18.6. The Hall–Kier alpha value is -2.93. The fraction of sp³-hybridized carbons (Fsp3) is 0.692. The molecule has 2 aliphatic heterocycles. The topological polar surface area (TPSA) is 108 Å². The van der Waals surface area contributed by atoms with E-state index >= 15 is 0 Å². The molecule has 3 amide bonds. The number of carbonyl (C=O) groups is 2. The number of methoxy groups -OCH3 is 1. The first-order valence-corrected chi connectivity index (χ1v) is 13.5. The van der Waals surface area contributed by atoms with Crippen molar-refractivity contribution in [3.63, 3.8) is 0 Å². The lowest BCUT2D eigenvalue weighted by atomic mass is 9.78. The molecule has 1 saturated heterocycles. The largest absolute Gasteiger partial charge is 0.410 e. The van der Waals surface area contributed by atoms with Crippen molar-refractivity contribution in [1.82, 2.24) is 20.3 Å². The van der Waals surface area contributed by atoms with Crippen LogP contribution in [0.4, 0.5) is 23.8 Å². The molecular formula is C26H35F3N6O4. The maximum absolute atomic E-state index is 13.7. The van der Waals surface area contributed by atoms with Crippen LogP contribution >= 0.6 is 0 Å². The predicted molar refractivity (Wildman–Crippen MR) is 135 cm³/mol. The smallest absolute Gasteiger partial charge is 0.382 e. The molecule has 3 fully saturated rings. The summed E-state index contributed by atoms with van der Waals surface area (Å²) in [5.41, 5.74) is 1.47. The molecule has 13 heteroatoms. The molecule has 10 nitrogen and oxygen atoms in total. The fourth-order valence-corrected chi connectivity index (χ4v) is 5.73. The van der Waals surface area contributed by atoms with Crippen LogP contribution in [0.1, 0.15) is 57.1 Å². The van der Waals surface area contributed by atoms with E-state index in [1.54, 1.807) is 17.2 Å². The maximum Gasteiger partial charge on any atom is 0.410 e. The van der Waals surface area contributed by atoms with Crippen LogP contribution in [0.5, 0.6) is 0 Å². The van der Waals surface area contributed by atoms with Crippen LogP contribution in [-0.2, 0) is 14.5 Å². The van der Waals surface area contributed by atoms with Gasteiger partial charge >= 0.3 is 12.2 Å². The minimum Gasteiger partial charge on any atom is -0.382 e. The van der Waals surface area contributed by atoms with E-state index in [0.29, 0.717) is 23.9 Å². The normalized spacial score (nSPS) is 27.5. The van der Waals surface area contributed by atoms with Crippen LogP contribution in [0.25, 0.3) is 0 Å². The van der Waals surface area contributed by atoms with Gasteiger partial charge in [-0.1, -0.05) is 30.0 Å². The van der Waals surface area contributed by atoms with Crippen molar-refractivity contribution in [2.24, 2.45) is 22.9 Å². The van der Waals surface area contributed by atoms with Gasteiger partial charge in [-0.15, -0.1) is 0 Å². The zero-order chi connectivity index (χ0) is 27.7. The summed E-state index contributed by atoms with van der Waals surface area (Å²) in [4.78, 5) is 37.2. The number of anilines is 1. The van der Waals surface area contributed by atoms with Gasteiger partial charge in [0.25, 0.3) is 0 Å². The monoisotopic (exact) mass is 552 g/mol. The number of carbonyl (C=O) groups excluding carboxylic acids is 2. The van der Waals surface area contributed by atoms with Gasteiger partial charge in [0.2, 0.25) is 5.91 Å². The third-order valence-electron chi connectivity index (χ3n) is 8.17. The molecule has 39 heavy (non-hydrogen) atoms. The lowest BCUT2D eigenvalue weighted by Gasteiger charge is -2.34. The van der Waals surface area contributed by atoms with E-state index in [0.717, 1.165) is 49.1 Å². The minimum absolute atomic E-state index is 0.0266. The molecule has 4 aliphatic rings. The van der Waals surface area contributed by atoms with Crippen molar-refractivity contribution in [2.75, 3.05) is 32.1 Å². The number of urea groups is 1. The number of rotatable bonds is 9. The van der Waals surface area contributed by atoms with E-state index < -0.39 is 36.9 Å². The van der Waals surface area contributed by atoms with Gasteiger partial charge in [-0.3, -0.25) is 9.73 Å². The lowest BCUT2D eigenvalue weighted by Crippen LogP contribution is -2.49. The van der Waals surface area contributed by atoms with E-state index in [4.69, 9.17) is 9.68 Å². The zero-order valence-corrected chi connectivity index (χ0v) is 22.1. The van der Waals surface area contributed by atoms with E-state index in [9.17, 15) is 22.8 Å². The summed E-state index contributed by atoms with van der Waals surface area (Å²) in [6.45, 7) is 2.14. The van der Waals surface area contributed by atoms with Crippen LogP contribution in [0.2, 0.25) is 0 Å². The van der Waals surface area contributed by atoms with E-state index in [1.807, 2.05) is 5.32 Å². The highest BCUT2D eigenvalue weighted by atomic mass is 19.4. The van der Waals surface area contributed by atoms with E-state index in [-0.39, 0.29) is 24.2 Å². The summed E-state index contributed by atoms with van der Waals surface area (Å²) in [6, 6.07) is -0.971. The van der Waals surface area contributed by atoms with E-state index in [1.165, 1.54) is 13.3 Å². The van der Waals surface area contributed by atoms with Crippen molar-refractivity contribution in [1.29, 1.82) is 0 Å². The first-order valence-electron chi connectivity index (χ1n) is 13.5. The van der Waals surface area contributed by atoms with Gasteiger partial charge in [0, 0.05) is 19.2 Å². The molecule has 1 unspecified atom stereocenters. The molecule has 0 radical (unpaired) electrons. The molecule has 2 aliphatic carbocycles. The van der Waals surface area contributed by atoms with Crippen LogP contribution in [0.15, 0.2) is 23.5 Å². The van der Waals surface area contributed by atoms with Gasteiger partial charge in [0.1, 0.15) is 17.9 Å². The van der Waals surface area contributed by atoms with Crippen LogP contribution in [0, 0.1) is 17.8 Å². The van der Waals surface area contributed by atoms with Crippen LogP contribution in [0.3, 0.4) is 0 Å². The third kappa shape index (κ3) is 6.29. The number of nitrogens with zero attached hydrogens (tertiary/aromatic N) is 4. The molecule has 1 aromatic rings. The number of alkyl halides is 3. The van der Waals surface area contributed by atoms with Crippen molar-refractivity contribution < 1.29 is 32.4 Å². The SMILES string of the molecule is COCC(c1ccnc(NC(=O)[C@H](C2CCC(C)CC2)N2CC(C3CC3)=NO2)c1)N1C[C@@H](C(F)(F)F)NC1=O. The molecular weight excluding hydrogens is 517 g/mol. The van der Waals surface area contributed by atoms with Crippen molar-refractivity contribution >= 4 is 23.5 Å². The highest BCUT2D eigenvalue weighted by Crippen LogP contribution is 2.37. The number of pyridine rings is 1. The summed E-state index contributed by atoms with van der Waals surface area (Å²) in [7, 11) is 1.41. The number of oxime groups is 1. The molecule has 1 aromatic heterocycles. The standard InChI is InChI=1S/C26H35F3N6O4/c1-15-3-5-17(6-4-15)23(35-12-19(33-39-35)16-7-8-16)24(36)32-22-11-18(9-10-30-22)20(14-38-2)34-13-21(26(27,28)29)31-25(34)37/h9-11,15-17,20-21,23H,3-8,12-14H2,1-2H3,(H,31,37)(H,30,32,36)/t15?,17?,20?,21-,23-/m0/s1. The second-order valence-electron chi connectivity index (χ2n) is 11.1. The molecule has 3 atom stereocenters. The average molecular weight is 553 g/mol. The summed E-state index contributed by atoms with van der Waals surface area (Å²) in [5, 5.41) is 10.8. The Morgan fingerprint density at radius 3 is 2.64 bits per heavy atom. The first kappa shape index (κ1) is 27.6. The second-order valence-corrected chi connectivity index (χ2v) is 11.1. The number of nitrogens with one attached hydrogen (secondary N) is 2. The van der Waals surface area contributed by atoms with Crippen LogP contribution in [-0.4, -0.2) is 77.7 Å². The number of hydrogen-bond acceptors (Lipinski definition) is 7. The predicted octanol–water partition coefficient (Wildman–Crippen LogP) is 3.87. The van der Waals surface area contributed by atoms with Gasteiger partial charge in [-0.2, -0.15) is 13.2 Å². The fourth-order valence-electron chi connectivity index (χ4n) is 5.73. The Balaban J connectivity index is 1.32. The average Bonchev–Trinajstić information content (AvgIpc) is 3.50. The molecule has 214 valence electrons. The van der Waals surface area contributed by atoms with Gasteiger partial charge in [0.05, 0.1) is 31.4 Å². The molecule has 3 heterocycles.